The molecule has 0 saturated heterocycles. The van der Waals surface area contributed by atoms with Gasteiger partial charge in [-0.2, -0.15) is 5.26 Å². The molecule has 0 radical (unpaired) electrons. The van der Waals surface area contributed by atoms with Crippen LogP contribution in [0.15, 0.2) is 6.07 Å². The minimum absolute atomic E-state index is 0.361. The number of carboxylic acid groups (broad SMARTS) is 1. The highest BCUT2D eigenvalue weighted by Gasteiger charge is 2.44. The van der Waals surface area contributed by atoms with Crippen molar-refractivity contribution in [3.63, 3.8) is 0 Å². The van der Waals surface area contributed by atoms with Crippen LogP contribution in [-0.4, -0.2) is 22.6 Å². The highest BCUT2D eigenvalue weighted by molar-refractivity contribution is 5.77. The van der Waals surface area contributed by atoms with Crippen molar-refractivity contribution < 1.29 is 9.90 Å². The molecule has 0 unspecified atom stereocenters. The topological polar surface area (TPSA) is 86.0 Å². The quantitative estimate of drug-likeness (QED) is 0.866. The van der Waals surface area contributed by atoms with Crippen LogP contribution in [0.3, 0.4) is 0 Å². The van der Waals surface area contributed by atoms with Gasteiger partial charge in [0.1, 0.15) is 6.07 Å². The summed E-state index contributed by atoms with van der Waals surface area (Å²) in [6, 6.07) is 3.91. The van der Waals surface area contributed by atoms with E-state index in [-0.39, 0.29) is 0 Å². The molecule has 1 aromatic rings. The van der Waals surface area contributed by atoms with Crippen molar-refractivity contribution in [2.45, 2.75) is 33.1 Å². The Labute approximate surface area is 112 Å². The number of anilines is 1. The molecule has 1 fully saturated rings. The molecular weight excluding hydrogens is 242 g/mol. The van der Waals surface area contributed by atoms with Gasteiger partial charge < -0.3 is 10.4 Å². The molecule has 0 amide bonds. The number of nitrogens with one attached hydrogen (secondary N) is 1. The van der Waals surface area contributed by atoms with Gasteiger partial charge in [-0.25, -0.2) is 0 Å². The molecule has 0 aliphatic heterocycles. The number of aliphatic carboxylic acids is 1. The Bertz CT molecular complexity index is 557. The van der Waals surface area contributed by atoms with E-state index in [9.17, 15) is 9.90 Å². The van der Waals surface area contributed by atoms with Crippen molar-refractivity contribution in [3.8, 4) is 6.07 Å². The fourth-order valence-electron chi connectivity index (χ4n) is 2.44. The number of aromatic nitrogens is 1. The number of hydrogen-bond acceptors (Lipinski definition) is 4. The minimum atomic E-state index is -0.757. The summed E-state index contributed by atoms with van der Waals surface area (Å²) >= 11 is 0. The molecule has 0 spiro atoms. The Kier molecular flexibility index (Phi) is 3.43. The van der Waals surface area contributed by atoms with Gasteiger partial charge in [-0.1, -0.05) is 6.42 Å². The van der Waals surface area contributed by atoms with Crippen LogP contribution in [0.5, 0.6) is 0 Å². The van der Waals surface area contributed by atoms with Crippen molar-refractivity contribution in [2.24, 2.45) is 5.41 Å². The number of pyridine rings is 1. The normalized spacial score (nSPS) is 16.3. The van der Waals surface area contributed by atoms with Gasteiger partial charge in [0, 0.05) is 12.2 Å². The smallest absolute Gasteiger partial charge is 0.311 e. The average molecular weight is 259 g/mol. The molecule has 1 aromatic heterocycles. The van der Waals surface area contributed by atoms with Gasteiger partial charge in [0.2, 0.25) is 0 Å². The minimum Gasteiger partial charge on any atom is -0.481 e. The SMILES string of the molecule is Cc1cc(NCC2(C(=O)O)CCC2)c(C#N)c(C)n1. The third kappa shape index (κ3) is 2.39. The predicted octanol–water partition coefficient (Wildman–Crippen LogP) is 2.24. The first kappa shape index (κ1) is 13.3. The molecule has 100 valence electrons. The second-order valence-electron chi connectivity index (χ2n) is 5.18. The fraction of sp³-hybridized carbons (Fsp3) is 0.500. The molecule has 0 bridgehead atoms. The molecule has 1 aliphatic rings. The molecule has 5 heteroatoms. The maximum Gasteiger partial charge on any atom is 0.311 e. The second-order valence-corrected chi connectivity index (χ2v) is 5.18. The highest BCUT2D eigenvalue weighted by atomic mass is 16.4. The van der Waals surface area contributed by atoms with Gasteiger partial charge in [-0.15, -0.1) is 0 Å². The van der Waals surface area contributed by atoms with Gasteiger partial charge in [0.15, 0.2) is 0 Å². The van der Waals surface area contributed by atoms with Gasteiger partial charge >= 0.3 is 5.97 Å². The maximum absolute atomic E-state index is 11.3. The predicted molar refractivity (Wildman–Crippen MR) is 70.8 cm³/mol. The lowest BCUT2D eigenvalue weighted by Crippen LogP contribution is -2.43. The Hall–Kier alpha value is -2.09. The van der Waals surface area contributed by atoms with Crippen LogP contribution in [0.25, 0.3) is 0 Å². The summed E-state index contributed by atoms with van der Waals surface area (Å²) in [6.07, 6.45) is 2.34. The summed E-state index contributed by atoms with van der Waals surface area (Å²) < 4.78 is 0. The van der Waals surface area contributed by atoms with Crippen LogP contribution in [-0.2, 0) is 4.79 Å². The van der Waals surface area contributed by atoms with E-state index in [4.69, 9.17) is 5.26 Å². The Balaban J connectivity index is 2.20. The molecule has 1 saturated carbocycles. The Morgan fingerprint density at radius 2 is 2.26 bits per heavy atom. The lowest BCUT2D eigenvalue weighted by atomic mass is 9.69. The van der Waals surface area contributed by atoms with Crippen molar-refractivity contribution in [2.75, 3.05) is 11.9 Å². The van der Waals surface area contributed by atoms with E-state index < -0.39 is 11.4 Å². The largest absolute Gasteiger partial charge is 0.481 e. The fourth-order valence-corrected chi connectivity index (χ4v) is 2.44. The number of carbonyl (C=O) groups is 1. The highest BCUT2D eigenvalue weighted by Crippen LogP contribution is 2.41. The molecule has 5 nitrogen and oxygen atoms in total. The van der Waals surface area contributed by atoms with Gasteiger partial charge in [-0.05, 0) is 32.8 Å². The third-order valence-corrected chi connectivity index (χ3v) is 3.82. The van der Waals surface area contributed by atoms with E-state index >= 15 is 0 Å². The van der Waals surface area contributed by atoms with Crippen LogP contribution >= 0.6 is 0 Å². The van der Waals surface area contributed by atoms with Crippen LogP contribution in [0.1, 0.15) is 36.2 Å². The summed E-state index contributed by atoms with van der Waals surface area (Å²) in [5.74, 6) is -0.757. The molecule has 0 aromatic carbocycles. The summed E-state index contributed by atoms with van der Waals surface area (Å²) in [4.78, 5) is 15.5. The van der Waals surface area contributed by atoms with Crippen LogP contribution in [0, 0.1) is 30.6 Å². The molecule has 2 N–H and O–H groups in total. The zero-order valence-corrected chi connectivity index (χ0v) is 11.2. The molecule has 1 heterocycles. The molecule has 19 heavy (non-hydrogen) atoms. The average Bonchev–Trinajstić information content (AvgIpc) is 2.26. The molecule has 2 rings (SSSR count). The molecule has 0 atom stereocenters. The summed E-state index contributed by atoms with van der Waals surface area (Å²) in [5, 5.41) is 21.6. The van der Waals surface area contributed by atoms with E-state index in [1.54, 1.807) is 13.0 Å². The molecular formula is C14H17N3O2. The van der Waals surface area contributed by atoms with E-state index in [1.165, 1.54) is 0 Å². The van der Waals surface area contributed by atoms with Crippen molar-refractivity contribution in [1.82, 2.24) is 4.98 Å². The zero-order valence-electron chi connectivity index (χ0n) is 11.2. The second kappa shape index (κ2) is 4.88. The van der Waals surface area contributed by atoms with Crippen LogP contribution < -0.4 is 5.32 Å². The van der Waals surface area contributed by atoms with E-state index in [0.29, 0.717) is 36.3 Å². The van der Waals surface area contributed by atoms with Gasteiger partial charge in [0.25, 0.3) is 0 Å². The van der Waals surface area contributed by atoms with Crippen LogP contribution in [0.4, 0.5) is 5.69 Å². The third-order valence-electron chi connectivity index (χ3n) is 3.82. The van der Waals surface area contributed by atoms with Gasteiger partial charge in [-0.3, -0.25) is 9.78 Å². The first-order valence-corrected chi connectivity index (χ1v) is 6.34. The van der Waals surface area contributed by atoms with Gasteiger partial charge in [0.05, 0.1) is 22.4 Å². The lowest BCUT2D eigenvalue weighted by molar-refractivity contribution is -0.153. The van der Waals surface area contributed by atoms with Crippen molar-refractivity contribution >= 4 is 11.7 Å². The van der Waals surface area contributed by atoms with E-state index in [2.05, 4.69) is 16.4 Å². The summed E-state index contributed by atoms with van der Waals surface area (Å²) in [7, 11) is 0. The maximum atomic E-state index is 11.3. The number of nitriles is 1. The monoisotopic (exact) mass is 259 g/mol. The van der Waals surface area contributed by atoms with Crippen molar-refractivity contribution in [3.05, 3.63) is 23.0 Å². The Morgan fingerprint density at radius 1 is 1.58 bits per heavy atom. The van der Waals surface area contributed by atoms with Crippen LogP contribution in [0.2, 0.25) is 0 Å². The van der Waals surface area contributed by atoms with E-state index in [0.717, 1.165) is 12.1 Å². The summed E-state index contributed by atoms with van der Waals surface area (Å²) in [5.41, 5.74) is 1.99. The number of carboxylic acids is 1. The first-order valence-electron chi connectivity index (χ1n) is 6.34. The first-order chi connectivity index (χ1) is 8.98. The lowest BCUT2D eigenvalue weighted by Gasteiger charge is -2.38. The number of nitrogens with zero attached hydrogens (tertiary/aromatic N) is 2. The number of rotatable bonds is 4. The Morgan fingerprint density at radius 3 is 2.74 bits per heavy atom. The zero-order chi connectivity index (χ0) is 14.0. The van der Waals surface area contributed by atoms with E-state index in [1.807, 2.05) is 6.92 Å². The number of aryl methyl sites for hydroxylation is 2. The standard InChI is InChI=1S/C14H17N3O2/c1-9-6-12(11(7-15)10(2)17-9)16-8-14(13(18)19)4-3-5-14/h6H,3-5,8H2,1-2H3,(H,16,17)(H,18,19). The summed E-state index contributed by atoms with van der Waals surface area (Å²) in [6.45, 7) is 4.00. The number of hydrogen-bond donors (Lipinski definition) is 2. The molecule has 1 aliphatic carbocycles. The van der Waals surface area contributed by atoms with Crippen molar-refractivity contribution in [1.29, 1.82) is 5.26 Å².